The number of hydrogen-bond acceptors (Lipinski definition) is 3. The summed E-state index contributed by atoms with van der Waals surface area (Å²) in [6.07, 6.45) is 11.1. The SMILES string of the molecule is CCn1cncc1CN1CCC2(CC1)CC(=O)N(CC=Cc1ccccc1)C2. The molecule has 0 aliphatic carbocycles. The van der Waals surface area contributed by atoms with E-state index < -0.39 is 0 Å². The molecule has 2 saturated heterocycles. The van der Waals surface area contributed by atoms with Crippen molar-refractivity contribution in [3.05, 3.63) is 60.2 Å². The highest BCUT2D eigenvalue weighted by Crippen LogP contribution is 2.41. The number of aromatic nitrogens is 2. The van der Waals surface area contributed by atoms with Crippen LogP contribution in [0.3, 0.4) is 0 Å². The van der Waals surface area contributed by atoms with Crippen LogP contribution in [0.5, 0.6) is 0 Å². The molecule has 1 aromatic heterocycles. The molecule has 148 valence electrons. The second-order valence-electron chi connectivity index (χ2n) is 8.21. The number of nitrogens with zero attached hydrogens (tertiary/aromatic N) is 4. The average Bonchev–Trinajstić information content (AvgIpc) is 3.29. The summed E-state index contributed by atoms with van der Waals surface area (Å²) in [5.41, 5.74) is 2.65. The maximum absolute atomic E-state index is 12.6. The molecule has 0 radical (unpaired) electrons. The van der Waals surface area contributed by atoms with Gasteiger partial charge in [-0.2, -0.15) is 0 Å². The van der Waals surface area contributed by atoms with Gasteiger partial charge in [0.25, 0.3) is 0 Å². The molecule has 2 aliphatic heterocycles. The number of aryl methyl sites for hydroxylation is 1. The Bertz CT molecular complexity index is 818. The van der Waals surface area contributed by atoms with E-state index in [9.17, 15) is 4.79 Å². The van der Waals surface area contributed by atoms with Gasteiger partial charge in [0.15, 0.2) is 0 Å². The van der Waals surface area contributed by atoms with Crippen LogP contribution >= 0.6 is 0 Å². The molecule has 0 atom stereocenters. The maximum atomic E-state index is 12.6. The number of piperidine rings is 1. The molecule has 28 heavy (non-hydrogen) atoms. The molecule has 1 amide bonds. The van der Waals surface area contributed by atoms with E-state index in [2.05, 4.69) is 45.7 Å². The lowest BCUT2D eigenvalue weighted by molar-refractivity contribution is -0.127. The van der Waals surface area contributed by atoms with Crippen molar-refractivity contribution in [3.63, 3.8) is 0 Å². The minimum Gasteiger partial charge on any atom is -0.338 e. The minimum atomic E-state index is 0.180. The number of carbonyl (C=O) groups excluding carboxylic acids is 1. The fraction of sp³-hybridized carbons (Fsp3) is 0.478. The zero-order chi connectivity index (χ0) is 19.4. The fourth-order valence-corrected chi connectivity index (χ4v) is 4.54. The Labute approximate surface area is 167 Å². The Balaban J connectivity index is 1.29. The van der Waals surface area contributed by atoms with Crippen LogP contribution in [-0.4, -0.2) is 51.4 Å². The zero-order valence-electron chi connectivity index (χ0n) is 16.8. The van der Waals surface area contributed by atoms with Gasteiger partial charge >= 0.3 is 0 Å². The number of amides is 1. The summed E-state index contributed by atoms with van der Waals surface area (Å²) in [7, 11) is 0. The first-order valence-electron chi connectivity index (χ1n) is 10.4. The molecule has 0 N–H and O–H groups in total. The van der Waals surface area contributed by atoms with Gasteiger partial charge in [-0.1, -0.05) is 42.5 Å². The van der Waals surface area contributed by atoms with Gasteiger partial charge in [0.05, 0.1) is 12.0 Å². The lowest BCUT2D eigenvalue weighted by atomic mass is 9.77. The van der Waals surface area contributed by atoms with Crippen molar-refractivity contribution >= 4 is 12.0 Å². The van der Waals surface area contributed by atoms with Crippen molar-refractivity contribution in [1.82, 2.24) is 19.4 Å². The van der Waals surface area contributed by atoms with Crippen LogP contribution in [0.15, 0.2) is 48.9 Å². The summed E-state index contributed by atoms with van der Waals surface area (Å²) >= 11 is 0. The Morgan fingerprint density at radius 3 is 2.71 bits per heavy atom. The third kappa shape index (κ3) is 4.20. The van der Waals surface area contributed by atoms with Gasteiger partial charge in [-0.3, -0.25) is 9.69 Å². The number of benzene rings is 1. The van der Waals surface area contributed by atoms with Gasteiger partial charge in [-0.25, -0.2) is 4.98 Å². The highest BCUT2D eigenvalue weighted by Gasteiger charge is 2.44. The van der Waals surface area contributed by atoms with Gasteiger partial charge in [-0.05, 0) is 43.8 Å². The lowest BCUT2D eigenvalue weighted by Gasteiger charge is -2.38. The van der Waals surface area contributed by atoms with E-state index in [-0.39, 0.29) is 5.41 Å². The number of carbonyl (C=O) groups is 1. The molecule has 2 aromatic rings. The molecule has 1 spiro atoms. The molecular formula is C23H30N4O. The van der Waals surface area contributed by atoms with Gasteiger partial charge < -0.3 is 9.47 Å². The normalized spacial score (nSPS) is 19.9. The van der Waals surface area contributed by atoms with Gasteiger partial charge in [0, 0.05) is 38.8 Å². The van der Waals surface area contributed by atoms with Crippen LogP contribution in [0, 0.1) is 5.41 Å². The highest BCUT2D eigenvalue weighted by molar-refractivity contribution is 5.79. The number of imidazole rings is 1. The van der Waals surface area contributed by atoms with Crippen LogP contribution < -0.4 is 0 Å². The first-order valence-corrected chi connectivity index (χ1v) is 10.4. The number of rotatable bonds is 6. The molecule has 5 nitrogen and oxygen atoms in total. The smallest absolute Gasteiger partial charge is 0.223 e. The van der Waals surface area contributed by atoms with E-state index in [0.717, 1.165) is 52.1 Å². The van der Waals surface area contributed by atoms with Crippen LogP contribution in [-0.2, 0) is 17.9 Å². The summed E-state index contributed by atoms with van der Waals surface area (Å²) in [5, 5.41) is 0. The fourth-order valence-electron chi connectivity index (χ4n) is 4.54. The Kier molecular flexibility index (Phi) is 5.62. The third-order valence-corrected chi connectivity index (χ3v) is 6.28. The molecular weight excluding hydrogens is 348 g/mol. The summed E-state index contributed by atoms with van der Waals surface area (Å²) in [4.78, 5) is 21.4. The van der Waals surface area contributed by atoms with E-state index in [4.69, 9.17) is 0 Å². The van der Waals surface area contributed by atoms with Crippen LogP contribution in [0.2, 0.25) is 0 Å². The monoisotopic (exact) mass is 378 g/mol. The molecule has 2 aliphatic rings. The summed E-state index contributed by atoms with van der Waals surface area (Å²) in [5.74, 6) is 0.315. The maximum Gasteiger partial charge on any atom is 0.223 e. The topological polar surface area (TPSA) is 41.4 Å². The summed E-state index contributed by atoms with van der Waals surface area (Å²) < 4.78 is 2.21. The molecule has 4 rings (SSSR count). The summed E-state index contributed by atoms with van der Waals surface area (Å²) in [6.45, 7) is 7.84. The molecule has 1 aromatic carbocycles. The predicted octanol–water partition coefficient (Wildman–Crippen LogP) is 3.43. The standard InChI is InChI=1S/C23H30N4O/c1-2-26-19-24-16-21(26)17-25-13-10-23(11-14-25)15-22(28)27(18-23)12-6-9-20-7-4-3-5-8-20/h3-9,16,19H,2,10-15,17-18H2,1H3. The number of hydrogen-bond donors (Lipinski definition) is 0. The van der Waals surface area contributed by atoms with Gasteiger partial charge in [0.2, 0.25) is 5.91 Å². The molecule has 0 bridgehead atoms. The first kappa shape index (κ1) is 18.9. The summed E-state index contributed by atoms with van der Waals surface area (Å²) in [6, 6.07) is 10.3. The number of likely N-dealkylation sites (tertiary alicyclic amines) is 2. The van der Waals surface area contributed by atoms with E-state index in [1.54, 1.807) is 0 Å². The minimum absolute atomic E-state index is 0.180. The van der Waals surface area contributed by atoms with E-state index in [1.165, 1.54) is 11.3 Å². The van der Waals surface area contributed by atoms with Crippen molar-refractivity contribution in [2.45, 2.75) is 39.3 Å². The van der Waals surface area contributed by atoms with E-state index in [1.807, 2.05) is 35.6 Å². The van der Waals surface area contributed by atoms with Gasteiger partial charge in [-0.15, -0.1) is 0 Å². The van der Waals surface area contributed by atoms with Crippen LogP contribution in [0.1, 0.15) is 37.4 Å². The molecule has 0 saturated carbocycles. The molecule has 3 heterocycles. The van der Waals surface area contributed by atoms with Crippen LogP contribution in [0.25, 0.3) is 6.08 Å². The molecule has 2 fully saturated rings. The van der Waals surface area contributed by atoms with Crippen molar-refractivity contribution < 1.29 is 4.79 Å². The average molecular weight is 379 g/mol. The van der Waals surface area contributed by atoms with Crippen molar-refractivity contribution in [2.75, 3.05) is 26.2 Å². The van der Waals surface area contributed by atoms with Gasteiger partial charge in [0.1, 0.15) is 0 Å². The molecule has 0 unspecified atom stereocenters. The van der Waals surface area contributed by atoms with E-state index >= 15 is 0 Å². The predicted molar refractivity (Wildman–Crippen MR) is 112 cm³/mol. The molecule has 5 heteroatoms. The van der Waals surface area contributed by atoms with Crippen molar-refractivity contribution in [1.29, 1.82) is 0 Å². The van der Waals surface area contributed by atoms with Crippen LogP contribution in [0.4, 0.5) is 0 Å². The first-order chi connectivity index (χ1) is 13.7. The second kappa shape index (κ2) is 8.31. The Morgan fingerprint density at radius 2 is 1.96 bits per heavy atom. The van der Waals surface area contributed by atoms with Crippen molar-refractivity contribution in [3.8, 4) is 0 Å². The third-order valence-electron chi connectivity index (χ3n) is 6.28. The van der Waals surface area contributed by atoms with E-state index in [0.29, 0.717) is 12.3 Å². The zero-order valence-corrected chi connectivity index (χ0v) is 16.8. The lowest BCUT2D eigenvalue weighted by Crippen LogP contribution is -2.41. The second-order valence-corrected chi connectivity index (χ2v) is 8.21. The van der Waals surface area contributed by atoms with Crippen molar-refractivity contribution in [2.24, 2.45) is 5.41 Å². The highest BCUT2D eigenvalue weighted by atomic mass is 16.2. The largest absolute Gasteiger partial charge is 0.338 e. The Morgan fingerprint density at radius 1 is 1.18 bits per heavy atom. The quantitative estimate of drug-likeness (QED) is 0.773. The Hall–Kier alpha value is -2.40.